The molecule has 2 heterocycles. The zero-order valence-corrected chi connectivity index (χ0v) is 22.9. The fourth-order valence-corrected chi connectivity index (χ4v) is 5.16. The molecule has 206 valence electrons. The van der Waals surface area contributed by atoms with Crippen LogP contribution in [0.15, 0.2) is 12.3 Å². The first-order chi connectivity index (χ1) is 17.2. The summed E-state index contributed by atoms with van der Waals surface area (Å²) in [7, 11) is 0. The summed E-state index contributed by atoms with van der Waals surface area (Å²) in [5, 5.41) is 21.1. The third-order valence-corrected chi connectivity index (χ3v) is 7.28. The molecule has 2 aromatic rings. The summed E-state index contributed by atoms with van der Waals surface area (Å²) in [5.74, 6) is 0.414. The highest BCUT2D eigenvalue weighted by Crippen LogP contribution is 2.36. The van der Waals surface area contributed by atoms with Crippen LogP contribution in [0.25, 0.3) is 11.3 Å². The van der Waals surface area contributed by atoms with Gasteiger partial charge in [-0.25, -0.2) is 4.98 Å². The zero-order valence-electron chi connectivity index (χ0n) is 22.1. The van der Waals surface area contributed by atoms with Crippen LogP contribution in [0.3, 0.4) is 0 Å². The molecule has 0 unspecified atom stereocenters. The van der Waals surface area contributed by atoms with Gasteiger partial charge < -0.3 is 15.7 Å². The van der Waals surface area contributed by atoms with Crippen LogP contribution >= 0.6 is 11.6 Å². The Bertz CT molecular complexity index is 1110. The van der Waals surface area contributed by atoms with Crippen LogP contribution in [0, 0.1) is 5.92 Å². The highest BCUT2D eigenvalue weighted by atomic mass is 35.5. The van der Waals surface area contributed by atoms with Crippen molar-refractivity contribution < 1.29 is 23.1 Å². The molecule has 11 heteroatoms. The fourth-order valence-electron chi connectivity index (χ4n) is 4.84. The molecular formula is C26H37ClF3N5O2. The van der Waals surface area contributed by atoms with Gasteiger partial charge in [0.1, 0.15) is 5.82 Å². The molecule has 7 nitrogen and oxygen atoms in total. The van der Waals surface area contributed by atoms with Crippen LogP contribution in [-0.2, 0) is 13.0 Å². The lowest BCUT2D eigenvalue weighted by Gasteiger charge is -2.34. The number of nitrogens with zero attached hydrogens (tertiary/aromatic N) is 3. The number of hydrogen-bond donors (Lipinski definition) is 3. The summed E-state index contributed by atoms with van der Waals surface area (Å²) in [6, 6.07) is 1.70. The first-order valence-electron chi connectivity index (χ1n) is 12.8. The summed E-state index contributed by atoms with van der Waals surface area (Å²) in [6.45, 7) is 9.45. The molecule has 0 atom stereocenters. The van der Waals surface area contributed by atoms with Gasteiger partial charge in [-0.05, 0) is 70.4 Å². The Hall–Kier alpha value is -2.33. The van der Waals surface area contributed by atoms with E-state index >= 15 is 0 Å². The average Bonchev–Trinajstić information content (AvgIpc) is 3.14. The van der Waals surface area contributed by atoms with E-state index in [2.05, 4.69) is 27.6 Å². The quantitative estimate of drug-likeness (QED) is 0.361. The number of alkyl halides is 3. The molecule has 0 aromatic carbocycles. The normalized spacial score (nSPS) is 20.6. The van der Waals surface area contributed by atoms with Crippen LogP contribution < -0.4 is 10.6 Å². The Morgan fingerprint density at radius 2 is 1.92 bits per heavy atom. The van der Waals surface area contributed by atoms with Crippen molar-refractivity contribution in [3.8, 4) is 11.3 Å². The van der Waals surface area contributed by atoms with Gasteiger partial charge in [-0.1, -0.05) is 25.4 Å². The maximum absolute atomic E-state index is 13.0. The first-order valence-corrected chi connectivity index (χ1v) is 13.2. The number of pyridine rings is 1. The minimum Gasteiger partial charge on any atom is -0.388 e. The number of aromatic nitrogens is 3. The van der Waals surface area contributed by atoms with Crippen LogP contribution in [0.4, 0.5) is 19.0 Å². The molecule has 37 heavy (non-hydrogen) atoms. The molecule has 0 saturated heterocycles. The molecule has 3 N–H and O–H groups in total. The molecule has 0 radical (unpaired) electrons. The second-order valence-corrected chi connectivity index (χ2v) is 11.2. The van der Waals surface area contributed by atoms with Crippen molar-refractivity contribution in [2.45, 2.75) is 97.0 Å². The van der Waals surface area contributed by atoms with E-state index in [4.69, 9.17) is 11.6 Å². The van der Waals surface area contributed by atoms with E-state index < -0.39 is 29.6 Å². The summed E-state index contributed by atoms with van der Waals surface area (Å²) >= 11 is 6.69. The Morgan fingerprint density at radius 1 is 1.27 bits per heavy atom. The third kappa shape index (κ3) is 7.37. The Morgan fingerprint density at radius 3 is 2.49 bits per heavy atom. The maximum Gasteiger partial charge on any atom is 0.391 e. The monoisotopic (exact) mass is 543 g/mol. The molecule has 1 aliphatic rings. The van der Waals surface area contributed by atoms with Crippen molar-refractivity contribution >= 4 is 23.3 Å². The Balaban J connectivity index is 1.85. The minimum absolute atomic E-state index is 0.0573. The van der Waals surface area contributed by atoms with E-state index in [0.29, 0.717) is 48.8 Å². The predicted octanol–water partition coefficient (Wildman–Crippen LogP) is 5.99. The number of carbonyl (C=O) groups excluding carboxylic acids is 1. The second kappa shape index (κ2) is 11.2. The summed E-state index contributed by atoms with van der Waals surface area (Å²) in [4.78, 5) is 17.4. The van der Waals surface area contributed by atoms with E-state index in [0.717, 1.165) is 18.4 Å². The lowest BCUT2D eigenvalue weighted by molar-refractivity contribution is -0.142. The average molecular weight is 544 g/mol. The van der Waals surface area contributed by atoms with Gasteiger partial charge in [-0.3, -0.25) is 9.48 Å². The van der Waals surface area contributed by atoms with Crippen LogP contribution in [0.1, 0.15) is 82.8 Å². The largest absolute Gasteiger partial charge is 0.391 e. The SMILES string of the molecule is CCc1cc(NC(C)(C)CC(F)(F)F)ncc1-c1c(Cl)c(C(=O)NCC2(O)CCC(C)CC2)nn1CC. The maximum atomic E-state index is 13.0. The summed E-state index contributed by atoms with van der Waals surface area (Å²) < 4.78 is 40.5. The van der Waals surface area contributed by atoms with Crippen molar-refractivity contribution in [3.63, 3.8) is 0 Å². The van der Waals surface area contributed by atoms with Crippen molar-refractivity contribution in [2.75, 3.05) is 11.9 Å². The molecule has 0 aliphatic heterocycles. The first kappa shape index (κ1) is 29.2. The van der Waals surface area contributed by atoms with Crippen molar-refractivity contribution in [1.29, 1.82) is 0 Å². The molecule has 3 rings (SSSR count). The number of nitrogens with one attached hydrogen (secondary N) is 2. The van der Waals surface area contributed by atoms with E-state index in [1.54, 1.807) is 16.9 Å². The summed E-state index contributed by atoms with van der Waals surface area (Å²) in [5.41, 5.74) is -0.153. The standard InChI is InChI=1S/C26H37ClF3N5O2/c1-6-17-12-19(33-24(4,5)14-26(28,29)30)31-13-18(17)22-20(27)21(34-35(22)7-2)23(36)32-15-25(37)10-8-16(3)9-11-25/h12-13,16,37H,6-11,14-15H2,1-5H3,(H,31,33)(H,32,36). The van der Waals surface area contributed by atoms with Gasteiger partial charge in [0.15, 0.2) is 5.69 Å². The molecule has 1 saturated carbocycles. The number of aryl methyl sites for hydroxylation is 2. The number of amides is 1. The van der Waals surface area contributed by atoms with E-state index in [1.165, 1.54) is 13.8 Å². The zero-order chi connectivity index (χ0) is 27.6. The van der Waals surface area contributed by atoms with Crippen LogP contribution in [0.5, 0.6) is 0 Å². The molecule has 1 aliphatic carbocycles. The highest BCUT2D eigenvalue weighted by molar-refractivity contribution is 6.36. The molecule has 1 amide bonds. The minimum atomic E-state index is -4.31. The van der Waals surface area contributed by atoms with Crippen LogP contribution in [-0.4, -0.2) is 49.6 Å². The van der Waals surface area contributed by atoms with Gasteiger partial charge in [-0.15, -0.1) is 0 Å². The number of aliphatic hydroxyl groups is 1. The Labute approximate surface area is 221 Å². The van der Waals surface area contributed by atoms with Gasteiger partial charge in [0.25, 0.3) is 5.91 Å². The fraction of sp³-hybridized carbons (Fsp3) is 0.654. The Kier molecular flexibility index (Phi) is 8.84. The molecule has 0 spiro atoms. The van der Waals surface area contributed by atoms with E-state index in [-0.39, 0.29) is 17.3 Å². The smallest absolute Gasteiger partial charge is 0.388 e. The van der Waals surface area contributed by atoms with Gasteiger partial charge in [0.05, 0.1) is 22.7 Å². The highest BCUT2D eigenvalue weighted by Gasteiger charge is 2.37. The summed E-state index contributed by atoms with van der Waals surface area (Å²) in [6.07, 6.45) is -0.137. The van der Waals surface area contributed by atoms with Crippen molar-refractivity contribution in [1.82, 2.24) is 20.1 Å². The van der Waals surface area contributed by atoms with E-state index in [9.17, 15) is 23.1 Å². The van der Waals surface area contributed by atoms with Crippen LogP contribution in [0.2, 0.25) is 5.02 Å². The second-order valence-electron chi connectivity index (χ2n) is 10.8. The molecule has 2 aromatic heterocycles. The van der Waals surface area contributed by atoms with Crippen molar-refractivity contribution in [3.05, 3.63) is 28.5 Å². The molecule has 0 bridgehead atoms. The van der Waals surface area contributed by atoms with Gasteiger partial charge in [-0.2, -0.15) is 18.3 Å². The molecule has 1 fully saturated rings. The number of halogens is 4. The third-order valence-electron chi connectivity index (χ3n) is 6.93. The molecular weight excluding hydrogens is 507 g/mol. The van der Waals surface area contributed by atoms with E-state index in [1.807, 2.05) is 13.8 Å². The number of anilines is 1. The number of hydrogen-bond acceptors (Lipinski definition) is 5. The van der Waals surface area contributed by atoms with Gasteiger partial charge in [0, 0.05) is 30.4 Å². The van der Waals surface area contributed by atoms with Crippen molar-refractivity contribution in [2.24, 2.45) is 5.92 Å². The number of rotatable bonds is 9. The lowest BCUT2D eigenvalue weighted by atomic mass is 9.79. The lowest BCUT2D eigenvalue weighted by Crippen LogP contribution is -2.45. The topological polar surface area (TPSA) is 92.1 Å². The van der Waals surface area contributed by atoms with Gasteiger partial charge in [0.2, 0.25) is 0 Å². The predicted molar refractivity (Wildman–Crippen MR) is 139 cm³/mol. The van der Waals surface area contributed by atoms with Gasteiger partial charge >= 0.3 is 6.18 Å². The number of carbonyl (C=O) groups is 1.